The van der Waals surface area contributed by atoms with Gasteiger partial charge in [-0.15, -0.1) is 0 Å². The summed E-state index contributed by atoms with van der Waals surface area (Å²) in [4.78, 5) is 11.9. The molecule has 0 fully saturated rings. The summed E-state index contributed by atoms with van der Waals surface area (Å²) < 4.78 is 22.7. The number of hydrogen-bond acceptors (Lipinski definition) is 6. The van der Waals surface area contributed by atoms with Gasteiger partial charge in [-0.05, 0) is 47.3 Å². The molecule has 0 aromatic heterocycles. The van der Waals surface area contributed by atoms with Gasteiger partial charge in [0.05, 0.1) is 5.75 Å². The smallest absolute Gasteiger partial charge is 0.451 e. The second kappa shape index (κ2) is 9.78. The van der Waals surface area contributed by atoms with Crippen molar-refractivity contribution in [3.63, 3.8) is 0 Å². The Morgan fingerprint density at radius 3 is 1.65 bits per heavy atom. The third-order valence-electron chi connectivity index (χ3n) is 1.80. The molecule has 0 aromatic carbocycles. The Bertz CT molecular complexity index is 257. The van der Waals surface area contributed by atoms with Crippen LogP contribution in [0.4, 0.5) is 0 Å². The van der Waals surface area contributed by atoms with Crippen molar-refractivity contribution in [1.29, 1.82) is 0 Å². The second-order valence-electron chi connectivity index (χ2n) is 5.11. The highest BCUT2D eigenvalue weighted by molar-refractivity contribution is 7.99. The molecular weight excluding hydrogens is 296 g/mol. The summed E-state index contributed by atoms with van der Waals surface area (Å²) in [6.45, 7) is 13.2. The van der Waals surface area contributed by atoms with Crippen molar-refractivity contribution < 1.29 is 22.5 Å². The zero-order valence-electron chi connectivity index (χ0n) is 13.6. The number of carbonyl (C=O) groups is 1. The molecule has 0 bridgehead atoms. The maximum Gasteiger partial charge on any atom is 0.752 e. The van der Waals surface area contributed by atoms with Crippen LogP contribution < -0.4 is 0 Å². The zero-order chi connectivity index (χ0) is 15.8. The average molecular weight is 325 g/mol. The van der Waals surface area contributed by atoms with E-state index in [9.17, 15) is 4.79 Å². The van der Waals surface area contributed by atoms with E-state index in [2.05, 4.69) is 0 Å². The Morgan fingerprint density at radius 2 is 1.35 bits per heavy atom. The fourth-order valence-corrected chi connectivity index (χ4v) is 4.30. The van der Waals surface area contributed by atoms with E-state index in [4.69, 9.17) is 17.7 Å². The monoisotopic (exact) mass is 324 g/mol. The van der Waals surface area contributed by atoms with Gasteiger partial charge < -0.3 is 17.7 Å². The van der Waals surface area contributed by atoms with Crippen LogP contribution in [0.1, 0.15) is 48.5 Å². The van der Waals surface area contributed by atoms with E-state index >= 15 is 0 Å². The summed E-state index contributed by atoms with van der Waals surface area (Å²) in [6, 6.07) is 0. The first-order valence-corrected chi connectivity index (χ1v) is 9.82. The van der Waals surface area contributed by atoms with Crippen molar-refractivity contribution in [1.82, 2.24) is 0 Å². The van der Waals surface area contributed by atoms with Crippen molar-refractivity contribution >= 4 is 26.8 Å². The topological polar surface area (TPSA) is 54.0 Å². The molecule has 0 rings (SSSR count). The van der Waals surface area contributed by atoms with E-state index < -0.39 is 9.05 Å². The van der Waals surface area contributed by atoms with Crippen LogP contribution in [-0.2, 0) is 22.5 Å². The minimum Gasteiger partial charge on any atom is -0.451 e. The number of thioether (sulfide) groups is 1. The van der Waals surface area contributed by atoms with E-state index in [-0.39, 0.29) is 30.0 Å². The van der Waals surface area contributed by atoms with Crippen LogP contribution >= 0.6 is 11.8 Å². The predicted molar refractivity (Wildman–Crippen MR) is 83.5 cm³/mol. The molecule has 0 unspecified atom stereocenters. The lowest BCUT2D eigenvalue weighted by molar-refractivity contribution is -0.145. The summed E-state index contributed by atoms with van der Waals surface area (Å²) in [5.41, 5.74) is 0. The van der Waals surface area contributed by atoms with Gasteiger partial charge >= 0.3 is 15.0 Å². The first-order chi connectivity index (χ1) is 9.20. The van der Waals surface area contributed by atoms with Crippen molar-refractivity contribution in [3.05, 3.63) is 0 Å². The average Bonchev–Trinajstić information content (AvgIpc) is 2.22. The summed E-state index contributed by atoms with van der Waals surface area (Å²) in [5, 5.41) is 0. The second-order valence-corrected chi connectivity index (χ2v) is 8.30. The van der Waals surface area contributed by atoms with Crippen LogP contribution in [0.25, 0.3) is 0 Å². The molecule has 0 saturated carbocycles. The van der Waals surface area contributed by atoms with Gasteiger partial charge in [-0.1, -0.05) is 6.92 Å². The lowest BCUT2D eigenvalue weighted by atomic mass is 10.5. The van der Waals surface area contributed by atoms with Crippen LogP contribution in [0.5, 0.6) is 0 Å². The Kier molecular flexibility index (Phi) is 9.74. The predicted octanol–water partition coefficient (Wildman–Crippen LogP) is 2.99. The summed E-state index contributed by atoms with van der Waals surface area (Å²) >= 11 is 1.49. The minimum absolute atomic E-state index is 0.147. The molecule has 0 aliphatic heterocycles. The van der Waals surface area contributed by atoms with Crippen molar-refractivity contribution in [2.75, 3.05) is 11.5 Å². The van der Waals surface area contributed by atoms with Gasteiger partial charge in [0.1, 0.15) is 0 Å². The van der Waals surface area contributed by atoms with E-state index in [1.165, 1.54) is 11.8 Å². The Labute approximate surface area is 128 Å². The highest BCUT2D eigenvalue weighted by Gasteiger charge is 2.52. The van der Waals surface area contributed by atoms with Crippen molar-refractivity contribution in [2.24, 2.45) is 0 Å². The van der Waals surface area contributed by atoms with E-state index in [0.29, 0.717) is 0 Å². The highest BCUT2D eigenvalue weighted by atomic mass is 32.2. The zero-order valence-corrected chi connectivity index (χ0v) is 15.4. The number of hydrogen-bond donors (Lipinski definition) is 0. The SMILES string of the molecule is CCSCC(=O)O[Si](OC(C)C)(OC(C)C)OC(C)C. The number of carbonyl (C=O) groups excluding carboxylic acids is 1. The molecule has 5 nitrogen and oxygen atoms in total. The molecule has 0 N–H and O–H groups in total. The fourth-order valence-electron chi connectivity index (χ4n) is 1.38. The lowest BCUT2D eigenvalue weighted by Crippen LogP contribution is -2.54. The highest BCUT2D eigenvalue weighted by Crippen LogP contribution is 2.20. The Balaban J connectivity index is 4.98. The minimum atomic E-state index is -3.46. The van der Waals surface area contributed by atoms with Gasteiger partial charge in [0, 0.05) is 18.3 Å². The van der Waals surface area contributed by atoms with E-state index in [1.54, 1.807) is 0 Å². The van der Waals surface area contributed by atoms with Gasteiger partial charge in [-0.3, -0.25) is 4.79 Å². The molecular formula is C13H28O5SSi. The van der Waals surface area contributed by atoms with Crippen LogP contribution in [0, 0.1) is 0 Å². The lowest BCUT2D eigenvalue weighted by Gasteiger charge is -2.31. The molecule has 0 radical (unpaired) electrons. The van der Waals surface area contributed by atoms with Gasteiger partial charge in [0.2, 0.25) is 0 Å². The van der Waals surface area contributed by atoms with Crippen molar-refractivity contribution in [3.8, 4) is 0 Å². The third kappa shape index (κ3) is 8.96. The Hall–Kier alpha value is -0.0831. The number of rotatable bonds is 10. The maximum atomic E-state index is 11.9. The van der Waals surface area contributed by atoms with Gasteiger partial charge in [-0.2, -0.15) is 11.8 Å². The van der Waals surface area contributed by atoms with Crippen LogP contribution in [0.15, 0.2) is 0 Å². The van der Waals surface area contributed by atoms with Gasteiger partial charge in [0.25, 0.3) is 0 Å². The first kappa shape index (κ1) is 19.9. The fraction of sp³-hybridized carbons (Fsp3) is 0.923. The van der Waals surface area contributed by atoms with Gasteiger partial charge in [0.15, 0.2) is 0 Å². The molecule has 0 amide bonds. The van der Waals surface area contributed by atoms with Crippen LogP contribution in [0.2, 0.25) is 0 Å². The molecule has 0 saturated heterocycles. The molecule has 20 heavy (non-hydrogen) atoms. The van der Waals surface area contributed by atoms with E-state index in [1.807, 2.05) is 48.5 Å². The standard InChI is InChI=1S/C13H28O5SSi/c1-8-19-9-13(14)18-20(15-10(2)3,16-11(4)5)17-12(6)7/h10-12H,8-9H2,1-7H3. The molecule has 0 aliphatic rings. The first-order valence-electron chi connectivity index (χ1n) is 7.03. The third-order valence-corrected chi connectivity index (χ3v) is 5.41. The molecule has 120 valence electrons. The van der Waals surface area contributed by atoms with Crippen molar-refractivity contribution in [2.45, 2.75) is 66.8 Å². The molecule has 7 heteroatoms. The molecule has 0 aliphatic carbocycles. The van der Waals surface area contributed by atoms with E-state index in [0.717, 1.165) is 5.75 Å². The van der Waals surface area contributed by atoms with Crippen LogP contribution in [0.3, 0.4) is 0 Å². The molecule has 0 spiro atoms. The Morgan fingerprint density at radius 1 is 0.950 bits per heavy atom. The quantitative estimate of drug-likeness (QED) is 0.576. The molecule has 0 aromatic rings. The normalized spacial score (nSPS) is 12.5. The summed E-state index contributed by atoms with van der Waals surface area (Å²) in [6.07, 6.45) is -0.442. The molecule has 0 atom stereocenters. The summed E-state index contributed by atoms with van der Waals surface area (Å²) in [7, 11) is -3.46. The largest absolute Gasteiger partial charge is 0.752 e. The van der Waals surface area contributed by atoms with Gasteiger partial charge in [-0.25, -0.2) is 0 Å². The maximum absolute atomic E-state index is 11.9. The van der Waals surface area contributed by atoms with Crippen LogP contribution in [-0.4, -0.2) is 44.8 Å². The summed E-state index contributed by atoms with van der Waals surface area (Å²) in [5.74, 6) is 0.769. The molecule has 0 heterocycles.